The molecule has 0 aliphatic rings. The molecule has 0 saturated carbocycles. The maximum Gasteiger partial charge on any atom is 0.306 e. The Morgan fingerprint density at radius 1 is 0.465 bits per heavy atom. The molecular weight excluding hydrogens is 534 g/mol. The number of carbonyl (C=O) groups is 2. The number of nitrogens with zero attached hydrogens (tertiary/aromatic N) is 1. The molecule has 0 aromatic heterocycles. The predicted octanol–water partition coefficient (Wildman–Crippen LogP) is 11.1. The maximum atomic E-state index is 12.5. The van der Waals surface area contributed by atoms with Gasteiger partial charge in [-0.05, 0) is 12.8 Å². The average Bonchev–Trinajstić information content (AvgIpc) is 2.96. The van der Waals surface area contributed by atoms with Crippen molar-refractivity contribution >= 4 is 11.9 Å². The highest BCUT2D eigenvalue weighted by Crippen LogP contribution is 2.15. The van der Waals surface area contributed by atoms with Crippen LogP contribution >= 0.6 is 0 Å². The summed E-state index contributed by atoms with van der Waals surface area (Å²) < 4.78 is 12.0. The molecule has 5 heteroatoms. The molecule has 0 bridgehead atoms. The van der Waals surface area contributed by atoms with Crippen LogP contribution in [0.2, 0.25) is 0 Å². The average molecular weight is 611 g/mol. The quantitative estimate of drug-likeness (QED) is 0.0421. The minimum absolute atomic E-state index is 0.158. The number of carbonyl (C=O) groups excluding carboxylic acids is 2. The lowest BCUT2D eigenvalue weighted by Gasteiger charge is -2.28. The first-order valence-electron chi connectivity index (χ1n) is 18.9. The van der Waals surface area contributed by atoms with Crippen LogP contribution in [0, 0.1) is 0 Å². The van der Waals surface area contributed by atoms with E-state index < -0.39 is 0 Å². The standard InChI is InChI=1S/C38H76NO4/c1-6-8-10-12-14-16-18-20-22-24-26-28-30-32-37(40)42-35-36(34-39(3,4)5)43-38(41)33-31-29-27-25-23-21-19-17-15-13-11-9-7-2/h36H,6-35H2,1-5H3/q+1/t36-/m0/s1. The zero-order chi connectivity index (χ0) is 31.9. The number of esters is 2. The summed E-state index contributed by atoms with van der Waals surface area (Å²) in [5.74, 6) is -0.323. The lowest BCUT2D eigenvalue weighted by atomic mass is 10.0. The van der Waals surface area contributed by atoms with Crippen molar-refractivity contribution in [2.75, 3.05) is 34.3 Å². The van der Waals surface area contributed by atoms with Gasteiger partial charge in [0.05, 0.1) is 21.1 Å². The highest BCUT2D eigenvalue weighted by Gasteiger charge is 2.23. The van der Waals surface area contributed by atoms with Gasteiger partial charge in [-0.3, -0.25) is 9.59 Å². The van der Waals surface area contributed by atoms with Crippen molar-refractivity contribution < 1.29 is 23.5 Å². The molecule has 0 unspecified atom stereocenters. The second-order valence-corrected chi connectivity index (χ2v) is 14.3. The van der Waals surface area contributed by atoms with Crippen molar-refractivity contribution in [1.29, 1.82) is 0 Å². The van der Waals surface area contributed by atoms with Crippen molar-refractivity contribution in [3.63, 3.8) is 0 Å². The molecule has 0 rings (SSSR count). The smallest absolute Gasteiger partial charge is 0.306 e. The fraction of sp³-hybridized carbons (Fsp3) is 0.947. The minimum Gasteiger partial charge on any atom is -0.461 e. The number of hydrogen-bond donors (Lipinski definition) is 0. The van der Waals surface area contributed by atoms with Crippen LogP contribution in [0.3, 0.4) is 0 Å². The summed E-state index contributed by atoms with van der Waals surface area (Å²) in [5.41, 5.74) is 0. The normalized spacial score (nSPS) is 12.4. The van der Waals surface area contributed by atoms with E-state index in [-0.39, 0.29) is 24.6 Å². The Morgan fingerprint density at radius 3 is 1.09 bits per heavy atom. The van der Waals surface area contributed by atoms with E-state index in [1.165, 1.54) is 141 Å². The van der Waals surface area contributed by atoms with Gasteiger partial charge in [0.2, 0.25) is 0 Å². The van der Waals surface area contributed by atoms with Crippen molar-refractivity contribution in [3.8, 4) is 0 Å². The first-order valence-corrected chi connectivity index (χ1v) is 18.9. The number of ether oxygens (including phenoxy) is 2. The van der Waals surface area contributed by atoms with Crippen LogP contribution < -0.4 is 0 Å². The van der Waals surface area contributed by atoms with Gasteiger partial charge in [0.25, 0.3) is 0 Å². The summed E-state index contributed by atoms with van der Waals surface area (Å²) in [6.07, 6.45) is 34.1. The Bertz CT molecular complexity index is 616. The predicted molar refractivity (Wildman–Crippen MR) is 184 cm³/mol. The largest absolute Gasteiger partial charge is 0.461 e. The van der Waals surface area contributed by atoms with Crippen LogP contribution in [0.4, 0.5) is 0 Å². The van der Waals surface area contributed by atoms with Gasteiger partial charge in [-0.25, -0.2) is 0 Å². The van der Waals surface area contributed by atoms with Gasteiger partial charge in [0.15, 0.2) is 6.10 Å². The Labute approximate surface area is 269 Å². The summed E-state index contributed by atoms with van der Waals surface area (Å²) in [6, 6.07) is 0. The molecule has 0 fully saturated rings. The number of rotatable bonds is 33. The van der Waals surface area contributed by atoms with E-state index in [0.29, 0.717) is 23.9 Å². The summed E-state index contributed by atoms with van der Waals surface area (Å²) in [5, 5.41) is 0. The van der Waals surface area contributed by atoms with Gasteiger partial charge in [-0.15, -0.1) is 0 Å². The van der Waals surface area contributed by atoms with E-state index in [1.54, 1.807) is 0 Å². The number of quaternary nitrogens is 1. The van der Waals surface area contributed by atoms with Crippen LogP contribution in [0.15, 0.2) is 0 Å². The summed E-state index contributed by atoms with van der Waals surface area (Å²) in [6.45, 7) is 5.34. The molecule has 0 aromatic rings. The molecule has 0 radical (unpaired) electrons. The molecule has 0 aliphatic carbocycles. The van der Waals surface area contributed by atoms with E-state index in [4.69, 9.17) is 9.47 Å². The third kappa shape index (κ3) is 33.6. The highest BCUT2D eigenvalue weighted by atomic mass is 16.6. The van der Waals surface area contributed by atoms with Gasteiger partial charge in [0, 0.05) is 12.8 Å². The SMILES string of the molecule is CCCCCCCCCCCCCCCC(=O)OC[C@H](C[N+](C)(C)C)OC(=O)CCCCCCCCCCCCCCC. The van der Waals surface area contributed by atoms with E-state index in [2.05, 4.69) is 35.0 Å². The number of likely N-dealkylation sites (N-methyl/N-ethyl adjacent to an activating group) is 1. The van der Waals surface area contributed by atoms with E-state index >= 15 is 0 Å². The Morgan fingerprint density at radius 2 is 0.767 bits per heavy atom. The van der Waals surface area contributed by atoms with Crippen LogP contribution in [0.5, 0.6) is 0 Å². The first kappa shape index (κ1) is 41.9. The molecule has 256 valence electrons. The minimum atomic E-state index is -0.384. The molecule has 0 N–H and O–H groups in total. The molecule has 0 aromatic carbocycles. The second-order valence-electron chi connectivity index (χ2n) is 14.3. The molecular formula is C38H76NO4+. The fourth-order valence-electron chi connectivity index (χ4n) is 5.81. The van der Waals surface area contributed by atoms with Crippen molar-refractivity contribution in [2.24, 2.45) is 0 Å². The molecule has 0 heterocycles. The second kappa shape index (κ2) is 30.9. The molecule has 0 aliphatic heterocycles. The Hall–Kier alpha value is -1.10. The first-order chi connectivity index (χ1) is 20.8. The van der Waals surface area contributed by atoms with Gasteiger partial charge in [-0.1, -0.05) is 168 Å². The van der Waals surface area contributed by atoms with E-state index in [1.807, 2.05) is 0 Å². The Kier molecular flexibility index (Phi) is 30.1. The highest BCUT2D eigenvalue weighted by molar-refractivity contribution is 5.70. The third-order valence-corrected chi connectivity index (χ3v) is 8.45. The Balaban J connectivity index is 3.86. The topological polar surface area (TPSA) is 52.6 Å². The zero-order valence-electron chi connectivity index (χ0n) is 29.9. The third-order valence-electron chi connectivity index (χ3n) is 8.45. The molecule has 0 spiro atoms. The van der Waals surface area contributed by atoms with Crippen LogP contribution in [-0.4, -0.2) is 56.8 Å². The van der Waals surface area contributed by atoms with Gasteiger partial charge in [0.1, 0.15) is 13.2 Å². The van der Waals surface area contributed by atoms with Crippen LogP contribution in [-0.2, 0) is 19.1 Å². The van der Waals surface area contributed by atoms with Crippen molar-refractivity contribution in [1.82, 2.24) is 0 Å². The summed E-state index contributed by atoms with van der Waals surface area (Å²) >= 11 is 0. The lowest BCUT2D eigenvalue weighted by Crippen LogP contribution is -2.45. The number of unbranched alkanes of at least 4 members (excludes halogenated alkanes) is 24. The summed E-state index contributed by atoms with van der Waals surface area (Å²) in [4.78, 5) is 24.9. The van der Waals surface area contributed by atoms with Crippen molar-refractivity contribution in [3.05, 3.63) is 0 Å². The molecule has 0 amide bonds. The van der Waals surface area contributed by atoms with Gasteiger partial charge in [-0.2, -0.15) is 0 Å². The molecule has 43 heavy (non-hydrogen) atoms. The number of hydrogen-bond acceptors (Lipinski definition) is 4. The monoisotopic (exact) mass is 611 g/mol. The van der Waals surface area contributed by atoms with Crippen LogP contribution in [0.1, 0.15) is 194 Å². The summed E-state index contributed by atoms with van der Waals surface area (Å²) in [7, 11) is 6.22. The van der Waals surface area contributed by atoms with Gasteiger partial charge >= 0.3 is 11.9 Å². The molecule has 5 nitrogen and oxygen atoms in total. The van der Waals surface area contributed by atoms with Gasteiger partial charge < -0.3 is 14.0 Å². The van der Waals surface area contributed by atoms with E-state index in [0.717, 1.165) is 25.7 Å². The fourth-order valence-corrected chi connectivity index (χ4v) is 5.81. The maximum absolute atomic E-state index is 12.5. The zero-order valence-corrected chi connectivity index (χ0v) is 29.9. The molecule has 0 saturated heterocycles. The lowest BCUT2D eigenvalue weighted by molar-refractivity contribution is -0.873. The van der Waals surface area contributed by atoms with Crippen LogP contribution in [0.25, 0.3) is 0 Å². The van der Waals surface area contributed by atoms with Crippen molar-refractivity contribution in [2.45, 2.75) is 200 Å². The van der Waals surface area contributed by atoms with E-state index in [9.17, 15) is 9.59 Å². The molecule has 1 atom stereocenters.